The summed E-state index contributed by atoms with van der Waals surface area (Å²) in [5, 5.41) is 8.96. The maximum atomic E-state index is 10.9. The number of carboxylic acids is 1. The van der Waals surface area contributed by atoms with Gasteiger partial charge in [-0.15, -0.1) is 0 Å². The Morgan fingerprint density at radius 1 is 1.32 bits per heavy atom. The van der Waals surface area contributed by atoms with Gasteiger partial charge in [0, 0.05) is 6.20 Å². The Labute approximate surface area is 110 Å². The standard InChI is InChI=1S/C14H14N2O3/c1-2-9-3-5-10(6-4-9)19-13-12(15)11(14(17)18)7-8-16-13/h3-8H,2,15H2,1H3,(H,17,18). The van der Waals surface area contributed by atoms with Crippen molar-refractivity contribution >= 4 is 11.7 Å². The third-order valence-electron chi connectivity index (χ3n) is 2.73. The first-order valence-corrected chi connectivity index (χ1v) is 5.86. The number of aromatic carboxylic acids is 1. The van der Waals surface area contributed by atoms with Crippen LogP contribution in [-0.4, -0.2) is 16.1 Å². The quantitative estimate of drug-likeness (QED) is 0.880. The van der Waals surface area contributed by atoms with E-state index in [4.69, 9.17) is 15.6 Å². The highest BCUT2D eigenvalue weighted by Gasteiger charge is 2.13. The number of aromatic nitrogens is 1. The number of nitrogen functional groups attached to an aromatic ring is 1. The van der Waals surface area contributed by atoms with E-state index in [0.717, 1.165) is 6.42 Å². The Morgan fingerprint density at radius 3 is 2.58 bits per heavy atom. The lowest BCUT2D eigenvalue weighted by atomic mass is 10.2. The van der Waals surface area contributed by atoms with Gasteiger partial charge in [-0.1, -0.05) is 19.1 Å². The SMILES string of the molecule is CCc1ccc(Oc2nccc(C(=O)O)c2N)cc1. The average Bonchev–Trinajstić information content (AvgIpc) is 2.41. The summed E-state index contributed by atoms with van der Waals surface area (Å²) in [4.78, 5) is 14.9. The maximum Gasteiger partial charge on any atom is 0.338 e. The van der Waals surface area contributed by atoms with Crippen molar-refractivity contribution in [1.82, 2.24) is 4.98 Å². The van der Waals surface area contributed by atoms with Gasteiger partial charge in [0.05, 0.1) is 5.56 Å². The largest absolute Gasteiger partial charge is 0.478 e. The summed E-state index contributed by atoms with van der Waals surface area (Å²) < 4.78 is 5.50. The van der Waals surface area contributed by atoms with E-state index in [1.54, 1.807) is 12.1 Å². The molecule has 0 aliphatic carbocycles. The van der Waals surface area contributed by atoms with Crippen LogP contribution in [0.4, 0.5) is 5.69 Å². The van der Waals surface area contributed by atoms with Crippen LogP contribution in [0.5, 0.6) is 11.6 Å². The molecule has 1 heterocycles. The number of hydrogen-bond acceptors (Lipinski definition) is 4. The Hall–Kier alpha value is -2.56. The first-order chi connectivity index (χ1) is 9.11. The molecule has 0 saturated heterocycles. The minimum Gasteiger partial charge on any atom is -0.478 e. The minimum atomic E-state index is -1.11. The van der Waals surface area contributed by atoms with E-state index in [1.165, 1.54) is 17.8 Å². The second kappa shape index (κ2) is 5.39. The van der Waals surface area contributed by atoms with E-state index in [0.29, 0.717) is 5.75 Å². The number of carbonyl (C=O) groups is 1. The van der Waals surface area contributed by atoms with Crippen LogP contribution < -0.4 is 10.5 Å². The molecule has 0 spiro atoms. The number of nitrogens with two attached hydrogens (primary N) is 1. The Balaban J connectivity index is 2.27. The van der Waals surface area contributed by atoms with Gasteiger partial charge in [-0.05, 0) is 30.2 Å². The lowest BCUT2D eigenvalue weighted by Gasteiger charge is -2.09. The summed E-state index contributed by atoms with van der Waals surface area (Å²) in [6.07, 6.45) is 2.30. The molecule has 1 aromatic heterocycles. The normalized spacial score (nSPS) is 10.2. The molecule has 3 N–H and O–H groups in total. The van der Waals surface area contributed by atoms with Gasteiger partial charge in [0.15, 0.2) is 0 Å². The summed E-state index contributed by atoms with van der Waals surface area (Å²) in [5.74, 6) is -0.436. The lowest BCUT2D eigenvalue weighted by Crippen LogP contribution is -2.05. The number of rotatable bonds is 4. The van der Waals surface area contributed by atoms with E-state index < -0.39 is 5.97 Å². The molecular formula is C14H14N2O3. The number of nitrogens with zero attached hydrogens (tertiary/aromatic N) is 1. The summed E-state index contributed by atoms with van der Waals surface area (Å²) in [7, 11) is 0. The van der Waals surface area contributed by atoms with Crippen molar-refractivity contribution in [2.24, 2.45) is 0 Å². The van der Waals surface area contributed by atoms with Gasteiger partial charge in [0.25, 0.3) is 0 Å². The zero-order valence-corrected chi connectivity index (χ0v) is 10.5. The maximum absolute atomic E-state index is 10.9. The molecule has 0 fully saturated rings. The van der Waals surface area contributed by atoms with Crippen molar-refractivity contribution in [3.8, 4) is 11.6 Å². The molecule has 1 aromatic carbocycles. The monoisotopic (exact) mass is 258 g/mol. The smallest absolute Gasteiger partial charge is 0.338 e. The third-order valence-corrected chi connectivity index (χ3v) is 2.73. The van der Waals surface area contributed by atoms with Crippen LogP contribution in [0.2, 0.25) is 0 Å². The molecule has 0 atom stereocenters. The fourth-order valence-electron chi connectivity index (χ4n) is 1.63. The van der Waals surface area contributed by atoms with Crippen LogP contribution in [0.25, 0.3) is 0 Å². The molecule has 5 heteroatoms. The Kier molecular flexibility index (Phi) is 3.66. The fraction of sp³-hybridized carbons (Fsp3) is 0.143. The van der Waals surface area contributed by atoms with Crippen LogP contribution in [0.3, 0.4) is 0 Å². The molecule has 0 aliphatic heterocycles. The molecule has 0 radical (unpaired) electrons. The number of benzene rings is 1. The van der Waals surface area contributed by atoms with E-state index in [9.17, 15) is 4.79 Å². The summed E-state index contributed by atoms with van der Waals surface area (Å²) in [6, 6.07) is 8.81. The van der Waals surface area contributed by atoms with Crippen LogP contribution in [-0.2, 0) is 6.42 Å². The summed E-state index contributed by atoms with van der Waals surface area (Å²) in [6.45, 7) is 2.06. The number of hydrogen-bond donors (Lipinski definition) is 2. The van der Waals surface area contributed by atoms with E-state index in [2.05, 4.69) is 11.9 Å². The van der Waals surface area contributed by atoms with Crippen LogP contribution in [0.1, 0.15) is 22.8 Å². The average molecular weight is 258 g/mol. The topological polar surface area (TPSA) is 85.4 Å². The number of pyridine rings is 1. The molecule has 2 rings (SSSR count). The van der Waals surface area contributed by atoms with Crippen LogP contribution in [0, 0.1) is 0 Å². The molecular weight excluding hydrogens is 244 g/mol. The molecule has 5 nitrogen and oxygen atoms in total. The van der Waals surface area contributed by atoms with Gasteiger partial charge in [-0.3, -0.25) is 0 Å². The van der Waals surface area contributed by atoms with E-state index >= 15 is 0 Å². The van der Waals surface area contributed by atoms with Crippen molar-refractivity contribution < 1.29 is 14.6 Å². The number of anilines is 1. The Bertz CT molecular complexity index is 594. The highest BCUT2D eigenvalue weighted by molar-refractivity contribution is 5.94. The van der Waals surface area contributed by atoms with Crippen molar-refractivity contribution in [2.75, 3.05) is 5.73 Å². The second-order valence-electron chi connectivity index (χ2n) is 3.98. The van der Waals surface area contributed by atoms with Gasteiger partial charge in [-0.25, -0.2) is 9.78 Å². The highest BCUT2D eigenvalue weighted by atomic mass is 16.5. The van der Waals surface area contributed by atoms with Gasteiger partial charge in [0.1, 0.15) is 11.4 Å². The second-order valence-corrected chi connectivity index (χ2v) is 3.98. The van der Waals surface area contributed by atoms with Gasteiger partial charge < -0.3 is 15.6 Å². The van der Waals surface area contributed by atoms with Gasteiger partial charge in [-0.2, -0.15) is 0 Å². The molecule has 2 aromatic rings. The predicted molar refractivity (Wildman–Crippen MR) is 71.5 cm³/mol. The van der Waals surface area contributed by atoms with Gasteiger partial charge >= 0.3 is 5.97 Å². The zero-order valence-electron chi connectivity index (χ0n) is 10.5. The molecule has 98 valence electrons. The molecule has 0 amide bonds. The highest BCUT2D eigenvalue weighted by Crippen LogP contribution is 2.27. The van der Waals surface area contributed by atoms with E-state index in [-0.39, 0.29) is 17.1 Å². The molecule has 0 saturated carbocycles. The van der Waals surface area contributed by atoms with Crippen molar-refractivity contribution in [1.29, 1.82) is 0 Å². The molecule has 0 aliphatic rings. The van der Waals surface area contributed by atoms with Crippen LogP contribution >= 0.6 is 0 Å². The first-order valence-electron chi connectivity index (χ1n) is 5.86. The fourth-order valence-corrected chi connectivity index (χ4v) is 1.63. The van der Waals surface area contributed by atoms with Crippen molar-refractivity contribution in [3.63, 3.8) is 0 Å². The summed E-state index contributed by atoms with van der Waals surface area (Å²) in [5.41, 5.74) is 6.91. The number of ether oxygens (including phenoxy) is 1. The van der Waals surface area contributed by atoms with Crippen molar-refractivity contribution in [2.45, 2.75) is 13.3 Å². The molecule has 0 unspecified atom stereocenters. The number of aryl methyl sites for hydroxylation is 1. The Morgan fingerprint density at radius 2 is 2.00 bits per heavy atom. The third kappa shape index (κ3) is 2.82. The predicted octanol–water partition coefficient (Wildman–Crippen LogP) is 2.72. The molecule has 0 bridgehead atoms. The first kappa shape index (κ1) is 12.9. The van der Waals surface area contributed by atoms with E-state index in [1.807, 2.05) is 12.1 Å². The van der Waals surface area contributed by atoms with Gasteiger partial charge in [0.2, 0.25) is 5.88 Å². The summed E-state index contributed by atoms with van der Waals surface area (Å²) >= 11 is 0. The lowest BCUT2D eigenvalue weighted by molar-refractivity contribution is 0.0697. The molecule has 19 heavy (non-hydrogen) atoms. The minimum absolute atomic E-state index is 0.0184. The number of carboxylic acid groups (broad SMARTS) is 1. The van der Waals surface area contributed by atoms with Crippen molar-refractivity contribution in [3.05, 3.63) is 47.7 Å². The van der Waals surface area contributed by atoms with Crippen LogP contribution in [0.15, 0.2) is 36.5 Å². The zero-order chi connectivity index (χ0) is 13.8.